The van der Waals surface area contributed by atoms with Crippen LogP contribution in [0.3, 0.4) is 0 Å². The molecule has 0 atom stereocenters. The summed E-state index contributed by atoms with van der Waals surface area (Å²) < 4.78 is 12.8. The van der Waals surface area contributed by atoms with Crippen LogP contribution in [-0.2, 0) is 4.79 Å². The molecule has 0 fully saturated rings. The number of nitrogens with zero attached hydrogens (tertiary/aromatic N) is 2. The van der Waals surface area contributed by atoms with Crippen molar-refractivity contribution in [3.63, 3.8) is 0 Å². The van der Waals surface area contributed by atoms with Crippen LogP contribution in [0.1, 0.15) is 5.56 Å². The number of carboxylic acid groups (broad SMARTS) is 1. The molecule has 0 radical (unpaired) electrons. The number of carboxylic acids is 1. The van der Waals surface area contributed by atoms with Crippen molar-refractivity contribution in [3.05, 3.63) is 29.6 Å². The van der Waals surface area contributed by atoms with E-state index in [2.05, 4.69) is 0 Å². The van der Waals surface area contributed by atoms with E-state index in [0.717, 1.165) is 6.07 Å². The van der Waals surface area contributed by atoms with Crippen molar-refractivity contribution < 1.29 is 14.3 Å². The fourth-order valence-corrected chi connectivity index (χ4v) is 1.22. The first-order valence-corrected chi connectivity index (χ1v) is 4.17. The van der Waals surface area contributed by atoms with Crippen molar-refractivity contribution in [1.29, 1.82) is 5.26 Å². The third-order valence-corrected chi connectivity index (χ3v) is 1.86. The van der Waals surface area contributed by atoms with Crippen molar-refractivity contribution in [1.82, 2.24) is 0 Å². The smallest absolute Gasteiger partial charge is 0.323 e. The Bertz CT molecular complexity index is 426. The average Bonchev–Trinajstić information content (AvgIpc) is 2.16. The number of likely N-dealkylation sites (N-methyl/N-ethyl adjacent to an activating group) is 1. The number of benzene rings is 1. The van der Waals surface area contributed by atoms with Crippen molar-refractivity contribution in [3.8, 4) is 6.07 Å². The minimum atomic E-state index is -1.01. The summed E-state index contributed by atoms with van der Waals surface area (Å²) in [5, 5.41) is 17.3. The van der Waals surface area contributed by atoms with Gasteiger partial charge >= 0.3 is 5.97 Å². The Morgan fingerprint density at radius 2 is 2.33 bits per heavy atom. The van der Waals surface area contributed by atoms with Crippen LogP contribution in [0.15, 0.2) is 18.2 Å². The lowest BCUT2D eigenvalue weighted by atomic mass is 10.1. The Hall–Kier alpha value is -2.09. The molecule has 0 unspecified atom stereocenters. The predicted molar refractivity (Wildman–Crippen MR) is 52.0 cm³/mol. The van der Waals surface area contributed by atoms with Crippen molar-refractivity contribution >= 4 is 11.7 Å². The highest BCUT2D eigenvalue weighted by molar-refractivity contribution is 5.74. The SMILES string of the molecule is CN(CC(=O)O)c1ccc(F)cc1C#N. The second-order valence-corrected chi connectivity index (χ2v) is 3.02. The molecule has 0 saturated heterocycles. The Balaban J connectivity index is 3.04. The summed E-state index contributed by atoms with van der Waals surface area (Å²) in [6.07, 6.45) is 0. The normalized spacial score (nSPS) is 9.40. The van der Waals surface area contributed by atoms with Gasteiger partial charge < -0.3 is 10.0 Å². The lowest BCUT2D eigenvalue weighted by molar-refractivity contribution is -0.135. The van der Waals surface area contributed by atoms with E-state index in [1.54, 1.807) is 0 Å². The van der Waals surface area contributed by atoms with Gasteiger partial charge in [-0.3, -0.25) is 4.79 Å². The zero-order chi connectivity index (χ0) is 11.4. The lowest BCUT2D eigenvalue weighted by Gasteiger charge is -2.17. The first kappa shape index (κ1) is 11.0. The van der Waals surface area contributed by atoms with Crippen LogP contribution >= 0.6 is 0 Å². The Kier molecular flexibility index (Phi) is 3.24. The van der Waals surface area contributed by atoms with E-state index in [1.807, 2.05) is 6.07 Å². The van der Waals surface area contributed by atoms with Crippen molar-refractivity contribution in [2.75, 3.05) is 18.5 Å². The van der Waals surface area contributed by atoms with E-state index >= 15 is 0 Å². The molecule has 1 N–H and O–H groups in total. The first-order chi connectivity index (χ1) is 7.04. The molecule has 1 aromatic rings. The summed E-state index contributed by atoms with van der Waals surface area (Å²) >= 11 is 0. The van der Waals surface area contributed by atoms with Crippen LogP contribution in [0.25, 0.3) is 0 Å². The zero-order valence-electron chi connectivity index (χ0n) is 8.07. The highest BCUT2D eigenvalue weighted by atomic mass is 19.1. The van der Waals surface area contributed by atoms with Crippen LogP contribution < -0.4 is 4.90 Å². The van der Waals surface area contributed by atoms with Gasteiger partial charge in [0.05, 0.1) is 11.3 Å². The number of nitriles is 1. The maximum absolute atomic E-state index is 12.8. The Labute approximate surface area is 86.2 Å². The molecule has 0 aliphatic heterocycles. The maximum Gasteiger partial charge on any atom is 0.323 e. The molecule has 78 valence electrons. The zero-order valence-corrected chi connectivity index (χ0v) is 8.07. The molecule has 15 heavy (non-hydrogen) atoms. The number of aliphatic carboxylic acids is 1. The highest BCUT2D eigenvalue weighted by Gasteiger charge is 2.10. The first-order valence-electron chi connectivity index (χ1n) is 4.17. The van der Waals surface area contributed by atoms with Gasteiger partial charge in [0.15, 0.2) is 0 Å². The summed E-state index contributed by atoms with van der Waals surface area (Å²) in [7, 11) is 1.53. The topological polar surface area (TPSA) is 64.3 Å². The van der Waals surface area contributed by atoms with Gasteiger partial charge in [-0.15, -0.1) is 0 Å². The molecular weight excluding hydrogens is 199 g/mol. The maximum atomic E-state index is 12.8. The van der Waals surface area contributed by atoms with E-state index < -0.39 is 11.8 Å². The van der Waals surface area contributed by atoms with Crippen LogP contribution in [0.5, 0.6) is 0 Å². The summed E-state index contributed by atoms with van der Waals surface area (Å²) in [4.78, 5) is 11.8. The second kappa shape index (κ2) is 4.42. The summed E-state index contributed by atoms with van der Waals surface area (Å²) in [5.74, 6) is -1.52. The third kappa shape index (κ3) is 2.68. The largest absolute Gasteiger partial charge is 0.480 e. The molecule has 5 heteroatoms. The number of rotatable bonds is 3. The molecule has 0 heterocycles. The Morgan fingerprint density at radius 1 is 1.67 bits per heavy atom. The molecule has 0 aliphatic carbocycles. The van der Waals surface area contributed by atoms with Gasteiger partial charge in [-0.25, -0.2) is 4.39 Å². The highest BCUT2D eigenvalue weighted by Crippen LogP contribution is 2.19. The number of anilines is 1. The van der Waals surface area contributed by atoms with Crippen molar-refractivity contribution in [2.24, 2.45) is 0 Å². The predicted octanol–water partition coefficient (Wildman–Crippen LogP) is 1.22. The fourth-order valence-electron chi connectivity index (χ4n) is 1.22. The monoisotopic (exact) mass is 208 g/mol. The van der Waals surface area contributed by atoms with Gasteiger partial charge in [0.1, 0.15) is 18.4 Å². The Morgan fingerprint density at radius 3 is 2.87 bits per heavy atom. The van der Waals surface area contributed by atoms with Gasteiger partial charge in [0.2, 0.25) is 0 Å². The van der Waals surface area contributed by atoms with Crippen molar-refractivity contribution in [2.45, 2.75) is 0 Å². The minimum absolute atomic E-state index is 0.124. The summed E-state index contributed by atoms with van der Waals surface area (Å²) in [6.45, 7) is -0.236. The minimum Gasteiger partial charge on any atom is -0.480 e. The number of hydrogen-bond acceptors (Lipinski definition) is 3. The number of hydrogen-bond donors (Lipinski definition) is 1. The van der Waals surface area contributed by atoms with E-state index in [0.29, 0.717) is 5.69 Å². The molecule has 4 nitrogen and oxygen atoms in total. The van der Waals surface area contributed by atoms with E-state index in [1.165, 1.54) is 24.1 Å². The van der Waals surface area contributed by atoms with Gasteiger partial charge in [0.25, 0.3) is 0 Å². The van der Waals surface area contributed by atoms with E-state index in [4.69, 9.17) is 10.4 Å². The second-order valence-electron chi connectivity index (χ2n) is 3.02. The summed E-state index contributed by atoms with van der Waals surface area (Å²) in [5.41, 5.74) is 0.528. The molecule has 0 aromatic heterocycles. The molecule has 0 aliphatic rings. The van der Waals surface area contributed by atoms with Crippen LogP contribution in [0.2, 0.25) is 0 Å². The molecule has 0 saturated carbocycles. The third-order valence-electron chi connectivity index (χ3n) is 1.86. The lowest BCUT2D eigenvalue weighted by Crippen LogP contribution is -2.25. The van der Waals surface area contributed by atoms with Gasteiger partial charge in [0, 0.05) is 7.05 Å². The van der Waals surface area contributed by atoms with Crippen LogP contribution in [0, 0.1) is 17.1 Å². The molecular formula is C10H9FN2O2. The molecule has 0 bridgehead atoms. The van der Waals surface area contributed by atoms with Crippen LogP contribution in [0.4, 0.5) is 10.1 Å². The quantitative estimate of drug-likeness (QED) is 0.811. The molecule has 0 amide bonds. The average molecular weight is 208 g/mol. The van der Waals surface area contributed by atoms with Gasteiger partial charge in [-0.2, -0.15) is 5.26 Å². The van der Waals surface area contributed by atoms with Crippen LogP contribution in [-0.4, -0.2) is 24.7 Å². The molecule has 0 spiro atoms. The molecule has 1 rings (SSSR count). The molecule has 1 aromatic carbocycles. The standard InChI is InChI=1S/C10H9FN2O2/c1-13(6-10(14)15)9-3-2-8(11)4-7(9)5-12/h2-4H,6H2,1H3,(H,14,15). The number of carbonyl (C=O) groups is 1. The number of halogens is 1. The van der Waals surface area contributed by atoms with E-state index in [9.17, 15) is 9.18 Å². The van der Waals surface area contributed by atoms with Gasteiger partial charge in [-0.05, 0) is 18.2 Å². The van der Waals surface area contributed by atoms with Gasteiger partial charge in [-0.1, -0.05) is 0 Å². The summed E-state index contributed by atoms with van der Waals surface area (Å²) in [6, 6.07) is 5.47. The van der Waals surface area contributed by atoms with E-state index in [-0.39, 0.29) is 12.1 Å². The fraction of sp³-hybridized carbons (Fsp3) is 0.200.